The Morgan fingerprint density at radius 2 is 1.13 bits per heavy atom. The predicted octanol–water partition coefficient (Wildman–Crippen LogP) is 7.48. The molecule has 142 valence electrons. The van der Waals surface area contributed by atoms with Crippen LogP contribution in [0.1, 0.15) is 0 Å². The highest BCUT2D eigenvalue weighted by atomic mass is 16.5. The number of hydrogen-bond acceptors (Lipinski definition) is 3. The lowest BCUT2D eigenvalue weighted by Crippen LogP contribution is -2.16. The fourth-order valence-electron chi connectivity index (χ4n) is 4.18. The third-order valence-electron chi connectivity index (χ3n) is 5.50. The van der Waals surface area contributed by atoms with Crippen LogP contribution in [0.5, 0.6) is 11.5 Å². The molecule has 0 radical (unpaired) electrons. The average molecular weight is 386 g/mol. The highest BCUT2D eigenvalue weighted by Crippen LogP contribution is 2.52. The van der Waals surface area contributed by atoms with Gasteiger partial charge in [0.05, 0.1) is 22.6 Å². The van der Waals surface area contributed by atoms with E-state index in [1.165, 1.54) is 0 Å². The van der Waals surface area contributed by atoms with Crippen LogP contribution in [0.25, 0.3) is 22.0 Å². The second-order valence-electron chi connectivity index (χ2n) is 7.27. The van der Waals surface area contributed by atoms with E-state index in [0.29, 0.717) is 0 Å². The zero-order valence-electron chi connectivity index (χ0n) is 16.2. The molecule has 5 aromatic rings. The molecule has 30 heavy (non-hydrogen) atoms. The molecule has 0 aliphatic carbocycles. The Kier molecular flexibility index (Phi) is 3.78. The minimum Gasteiger partial charge on any atom is -0.453 e. The molecule has 0 unspecified atom stereocenters. The highest BCUT2D eigenvalue weighted by Gasteiger charge is 2.27. The molecule has 0 bridgehead atoms. The molecule has 0 N–H and O–H groups in total. The Morgan fingerprint density at radius 3 is 1.90 bits per heavy atom. The number of rotatable bonds is 2. The average Bonchev–Trinajstić information content (AvgIpc) is 2.82. The summed E-state index contributed by atoms with van der Waals surface area (Å²) < 4.78 is 6.19. The van der Waals surface area contributed by atoms with E-state index in [1.807, 2.05) is 48.7 Å². The molecule has 3 heteroatoms. The van der Waals surface area contributed by atoms with E-state index >= 15 is 0 Å². The van der Waals surface area contributed by atoms with Gasteiger partial charge in [-0.2, -0.15) is 0 Å². The molecule has 2 heterocycles. The fourth-order valence-corrected chi connectivity index (χ4v) is 4.18. The minimum absolute atomic E-state index is 0.849. The topological polar surface area (TPSA) is 25.4 Å². The molecule has 0 spiro atoms. The van der Waals surface area contributed by atoms with E-state index in [2.05, 4.69) is 70.5 Å². The number of hydrogen-bond donors (Lipinski definition) is 0. The van der Waals surface area contributed by atoms with Crippen molar-refractivity contribution in [3.8, 4) is 22.6 Å². The lowest BCUT2D eigenvalue weighted by molar-refractivity contribution is 0.477. The maximum atomic E-state index is 6.19. The first-order chi connectivity index (χ1) is 14.9. The van der Waals surface area contributed by atoms with Crippen molar-refractivity contribution < 1.29 is 4.74 Å². The van der Waals surface area contributed by atoms with Gasteiger partial charge in [-0.1, -0.05) is 66.7 Å². The molecular weight excluding hydrogens is 368 g/mol. The van der Waals surface area contributed by atoms with Crippen molar-refractivity contribution in [1.82, 2.24) is 4.98 Å². The van der Waals surface area contributed by atoms with Gasteiger partial charge < -0.3 is 9.64 Å². The van der Waals surface area contributed by atoms with Crippen molar-refractivity contribution in [2.24, 2.45) is 0 Å². The van der Waals surface area contributed by atoms with Gasteiger partial charge in [-0.25, -0.2) is 0 Å². The number of ether oxygens (including phenoxy) is 1. The number of anilines is 3. The number of para-hydroxylation sites is 6. The van der Waals surface area contributed by atoms with Gasteiger partial charge in [-0.3, -0.25) is 4.98 Å². The van der Waals surface area contributed by atoms with Gasteiger partial charge in [0.2, 0.25) is 0 Å². The molecular formula is C27H18N2O. The van der Waals surface area contributed by atoms with Crippen molar-refractivity contribution in [3.63, 3.8) is 0 Å². The van der Waals surface area contributed by atoms with E-state index in [1.54, 1.807) is 0 Å². The molecule has 0 saturated carbocycles. The second kappa shape index (κ2) is 6.75. The minimum atomic E-state index is 0.849. The summed E-state index contributed by atoms with van der Waals surface area (Å²) >= 11 is 0. The van der Waals surface area contributed by atoms with Crippen LogP contribution in [0.3, 0.4) is 0 Å². The molecule has 3 nitrogen and oxygen atoms in total. The number of aromatic nitrogens is 1. The van der Waals surface area contributed by atoms with Crippen molar-refractivity contribution >= 4 is 28.0 Å². The van der Waals surface area contributed by atoms with Crippen molar-refractivity contribution in [2.75, 3.05) is 4.90 Å². The third-order valence-corrected chi connectivity index (χ3v) is 5.50. The maximum Gasteiger partial charge on any atom is 0.151 e. The first-order valence-electron chi connectivity index (χ1n) is 9.99. The standard InChI is InChI=1S/C27H18N2O/c1-2-13-22(20(11-1)21-12-7-9-19-10-8-18-28-27(19)21)29-23-14-3-5-16-25(23)30-26-17-6-4-15-24(26)29/h1-18H. The van der Waals surface area contributed by atoms with Crippen molar-refractivity contribution in [3.05, 3.63) is 109 Å². The Hall–Kier alpha value is -4.11. The summed E-state index contributed by atoms with van der Waals surface area (Å²) in [6.45, 7) is 0. The lowest BCUT2D eigenvalue weighted by atomic mass is 9.98. The van der Waals surface area contributed by atoms with Crippen LogP contribution in [0.2, 0.25) is 0 Å². The smallest absolute Gasteiger partial charge is 0.151 e. The quantitative estimate of drug-likeness (QED) is 0.308. The van der Waals surface area contributed by atoms with Gasteiger partial charge in [0, 0.05) is 22.7 Å². The second-order valence-corrected chi connectivity index (χ2v) is 7.27. The van der Waals surface area contributed by atoms with Gasteiger partial charge in [-0.05, 0) is 36.4 Å². The molecule has 1 aliphatic heterocycles. The molecule has 0 atom stereocenters. The fraction of sp³-hybridized carbons (Fsp3) is 0. The molecule has 4 aromatic carbocycles. The monoisotopic (exact) mass is 386 g/mol. The van der Waals surface area contributed by atoms with E-state index < -0.39 is 0 Å². The molecule has 0 amide bonds. The van der Waals surface area contributed by atoms with Gasteiger partial charge in [0.15, 0.2) is 11.5 Å². The van der Waals surface area contributed by atoms with Crippen LogP contribution in [0.15, 0.2) is 109 Å². The Bertz CT molecular complexity index is 1340. The van der Waals surface area contributed by atoms with Crippen LogP contribution in [0, 0.1) is 0 Å². The SMILES string of the molecule is c1ccc2c(c1)Oc1ccccc1N2c1ccccc1-c1cccc2cccnc12. The van der Waals surface area contributed by atoms with Crippen molar-refractivity contribution in [1.29, 1.82) is 0 Å². The summed E-state index contributed by atoms with van der Waals surface area (Å²) in [5.74, 6) is 1.70. The maximum absolute atomic E-state index is 6.19. The van der Waals surface area contributed by atoms with Crippen LogP contribution in [-0.2, 0) is 0 Å². The Morgan fingerprint density at radius 1 is 0.533 bits per heavy atom. The van der Waals surface area contributed by atoms with E-state index in [-0.39, 0.29) is 0 Å². The van der Waals surface area contributed by atoms with Gasteiger partial charge in [-0.15, -0.1) is 0 Å². The van der Waals surface area contributed by atoms with E-state index in [0.717, 1.165) is 50.6 Å². The van der Waals surface area contributed by atoms with E-state index in [9.17, 15) is 0 Å². The van der Waals surface area contributed by atoms with Gasteiger partial charge in [0.1, 0.15) is 0 Å². The Balaban J connectivity index is 1.64. The van der Waals surface area contributed by atoms with Crippen LogP contribution in [-0.4, -0.2) is 4.98 Å². The first-order valence-corrected chi connectivity index (χ1v) is 9.99. The summed E-state index contributed by atoms with van der Waals surface area (Å²) in [7, 11) is 0. The Labute approximate surface area is 174 Å². The summed E-state index contributed by atoms with van der Waals surface area (Å²) in [6, 6.07) is 35.3. The van der Waals surface area contributed by atoms with Gasteiger partial charge >= 0.3 is 0 Å². The van der Waals surface area contributed by atoms with Gasteiger partial charge in [0.25, 0.3) is 0 Å². The summed E-state index contributed by atoms with van der Waals surface area (Å²) in [6.07, 6.45) is 1.85. The molecule has 1 aliphatic rings. The summed E-state index contributed by atoms with van der Waals surface area (Å²) in [5.41, 5.74) is 6.40. The summed E-state index contributed by atoms with van der Waals surface area (Å²) in [5, 5.41) is 1.13. The number of nitrogens with zero attached hydrogens (tertiary/aromatic N) is 2. The molecule has 6 rings (SSSR count). The third kappa shape index (κ3) is 2.56. The first kappa shape index (κ1) is 16.8. The van der Waals surface area contributed by atoms with Crippen LogP contribution >= 0.6 is 0 Å². The van der Waals surface area contributed by atoms with Crippen LogP contribution in [0.4, 0.5) is 17.1 Å². The number of benzene rings is 4. The molecule has 0 fully saturated rings. The highest BCUT2D eigenvalue weighted by molar-refractivity contribution is 6.00. The summed E-state index contributed by atoms with van der Waals surface area (Å²) in [4.78, 5) is 6.97. The normalized spacial score (nSPS) is 12.2. The van der Waals surface area contributed by atoms with E-state index in [4.69, 9.17) is 4.74 Å². The number of fused-ring (bicyclic) bond motifs is 3. The largest absolute Gasteiger partial charge is 0.453 e. The predicted molar refractivity (Wildman–Crippen MR) is 122 cm³/mol. The zero-order valence-corrected chi connectivity index (χ0v) is 16.2. The lowest BCUT2D eigenvalue weighted by Gasteiger charge is -2.34. The molecule has 0 saturated heterocycles. The van der Waals surface area contributed by atoms with Crippen LogP contribution < -0.4 is 9.64 Å². The molecule has 1 aromatic heterocycles. The number of pyridine rings is 1. The zero-order chi connectivity index (χ0) is 19.9. The van der Waals surface area contributed by atoms with Crippen molar-refractivity contribution in [2.45, 2.75) is 0 Å².